The molecule has 3 aromatic rings. The predicted octanol–water partition coefficient (Wildman–Crippen LogP) is 1.49. The first kappa shape index (κ1) is 16.1. The van der Waals surface area contributed by atoms with Crippen LogP contribution in [0.5, 0.6) is 0 Å². The Morgan fingerprint density at radius 2 is 1.88 bits per heavy atom. The molecule has 0 unspecified atom stereocenters. The van der Waals surface area contributed by atoms with Crippen molar-refractivity contribution in [2.45, 2.75) is 31.6 Å². The van der Waals surface area contributed by atoms with Crippen molar-refractivity contribution in [2.24, 2.45) is 0 Å². The summed E-state index contributed by atoms with van der Waals surface area (Å²) in [4.78, 5) is 37.2. The molecule has 0 radical (unpaired) electrons. The Bertz CT molecular complexity index is 1030. The molecule has 0 bridgehead atoms. The number of aromatic amines is 3. The van der Waals surface area contributed by atoms with Crippen molar-refractivity contribution in [2.75, 3.05) is 5.32 Å². The van der Waals surface area contributed by atoms with Crippen LogP contribution in [-0.2, 0) is 0 Å². The van der Waals surface area contributed by atoms with E-state index in [1.54, 1.807) is 24.3 Å². The standard InChI is InChI=1S/C17H18N6O3/c24-15(18-14-9-13(20-21-14)10-3-1-2-4-10)11-5-7-12(8-6-11)23-17(26)19-16(25)22-23/h5-10H,1-4H2,(H2,18,20,21,24)(H2,19,22,25,26). The predicted molar refractivity (Wildman–Crippen MR) is 94.8 cm³/mol. The third-order valence-electron chi connectivity index (χ3n) is 4.66. The van der Waals surface area contributed by atoms with Crippen LogP contribution in [0, 0.1) is 0 Å². The first-order valence-corrected chi connectivity index (χ1v) is 8.48. The fraction of sp³-hybridized carbons (Fsp3) is 0.294. The highest BCUT2D eigenvalue weighted by molar-refractivity contribution is 6.03. The number of hydrogen-bond donors (Lipinski definition) is 4. The number of carbonyl (C=O) groups is 1. The van der Waals surface area contributed by atoms with E-state index in [4.69, 9.17) is 0 Å². The second-order valence-corrected chi connectivity index (χ2v) is 6.40. The van der Waals surface area contributed by atoms with Crippen molar-refractivity contribution >= 4 is 11.7 Å². The van der Waals surface area contributed by atoms with Crippen molar-refractivity contribution in [3.05, 3.63) is 62.6 Å². The van der Waals surface area contributed by atoms with E-state index in [0.29, 0.717) is 23.0 Å². The third kappa shape index (κ3) is 3.10. The van der Waals surface area contributed by atoms with Crippen LogP contribution < -0.4 is 16.7 Å². The summed E-state index contributed by atoms with van der Waals surface area (Å²) in [6.45, 7) is 0. The van der Waals surface area contributed by atoms with Crippen LogP contribution in [0.1, 0.15) is 47.7 Å². The molecular formula is C17H18N6O3. The number of nitrogens with one attached hydrogen (secondary N) is 4. The Morgan fingerprint density at radius 1 is 1.15 bits per heavy atom. The van der Waals surface area contributed by atoms with E-state index in [-0.39, 0.29) is 5.91 Å². The molecule has 26 heavy (non-hydrogen) atoms. The first-order valence-electron chi connectivity index (χ1n) is 8.48. The fourth-order valence-corrected chi connectivity index (χ4v) is 3.31. The van der Waals surface area contributed by atoms with Gasteiger partial charge in [-0.1, -0.05) is 12.8 Å². The quantitative estimate of drug-likeness (QED) is 0.566. The molecule has 0 spiro atoms. The van der Waals surface area contributed by atoms with E-state index in [1.165, 1.54) is 12.8 Å². The normalized spacial score (nSPS) is 14.6. The maximum atomic E-state index is 12.4. The van der Waals surface area contributed by atoms with Gasteiger partial charge in [-0.2, -0.15) is 5.10 Å². The van der Waals surface area contributed by atoms with Crippen LogP contribution >= 0.6 is 0 Å². The Morgan fingerprint density at radius 3 is 2.54 bits per heavy atom. The largest absolute Gasteiger partial charge is 0.349 e. The van der Waals surface area contributed by atoms with Gasteiger partial charge in [0.25, 0.3) is 5.91 Å². The molecule has 1 saturated carbocycles. The lowest BCUT2D eigenvalue weighted by molar-refractivity contribution is 0.102. The number of amides is 1. The number of aromatic nitrogens is 5. The smallest absolute Gasteiger partial charge is 0.305 e. The Labute approximate surface area is 147 Å². The lowest BCUT2D eigenvalue weighted by Crippen LogP contribution is -2.16. The van der Waals surface area contributed by atoms with E-state index in [0.717, 1.165) is 23.2 Å². The summed E-state index contributed by atoms with van der Waals surface area (Å²) in [6.07, 6.45) is 4.76. The topological polar surface area (TPSA) is 128 Å². The van der Waals surface area contributed by atoms with Gasteiger partial charge in [0.05, 0.1) is 5.69 Å². The zero-order chi connectivity index (χ0) is 18.1. The van der Waals surface area contributed by atoms with Gasteiger partial charge in [0, 0.05) is 23.2 Å². The number of carbonyl (C=O) groups excluding carboxylic acids is 1. The van der Waals surface area contributed by atoms with Gasteiger partial charge in [-0.15, -0.1) is 0 Å². The van der Waals surface area contributed by atoms with Gasteiger partial charge in [-0.25, -0.2) is 19.4 Å². The minimum absolute atomic E-state index is 0.295. The van der Waals surface area contributed by atoms with Gasteiger partial charge in [-0.3, -0.25) is 14.9 Å². The highest BCUT2D eigenvalue weighted by Gasteiger charge is 2.19. The van der Waals surface area contributed by atoms with Gasteiger partial charge in [0.15, 0.2) is 5.82 Å². The zero-order valence-corrected chi connectivity index (χ0v) is 13.9. The monoisotopic (exact) mass is 354 g/mol. The molecule has 2 heterocycles. The number of nitrogens with zero attached hydrogens (tertiary/aromatic N) is 2. The van der Waals surface area contributed by atoms with Crippen LogP contribution in [0.25, 0.3) is 5.69 Å². The van der Waals surface area contributed by atoms with E-state index in [9.17, 15) is 14.4 Å². The molecule has 9 nitrogen and oxygen atoms in total. The summed E-state index contributed by atoms with van der Waals surface area (Å²) in [5.41, 5.74) is 0.777. The van der Waals surface area contributed by atoms with Crippen LogP contribution in [0.2, 0.25) is 0 Å². The van der Waals surface area contributed by atoms with E-state index in [2.05, 4.69) is 25.6 Å². The molecule has 1 amide bonds. The second kappa shape index (κ2) is 6.51. The summed E-state index contributed by atoms with van der Waals surface area (Å²) in [5, 5.41) is 12.3. The molecule has 0 saturated heterocycles. The fourth-order valence-electron chi connectivity index (χ4n) is 3.31. The van der Waals surface area contributed by atoms with E-state index >= 15 is 0 Å². The maximum Gasteiger partial charge on any atom is 0.349 e. The van der Waals surface area contributed by atoms with Crippen LogP contribution in [-0.4, -0.2) is 30.9 Å². The number of rotatable bonds is 4. The summed E-state index contributed by atoms with van der Waals surface area (Å²) >= 11 is 0. The molecule has 1 aromatic carbocycles. The SMILES string of the molecule is O=C(Nc1cc(C2CCCC2)[nH]n1)c1ccc(-n2[nH]c(=O)[nH]c2=O)cc1. The Balaban J connectivity index is 1.47. The number of H-pyrrole nitrogens is 3. The molecule has 0 atom stereocenters. The van der Waals surface area contributed by atoms with Gasteiger partial charge in [-0.05, 0) is 37.1 Å². The minimum Gasteiger partial charge on any atom is -0.305 e. The average molecular weight is 354 g/mol. The van der Waals surface area contributed by atoms with E-state index < -0.39 is 11.4 Å². The molecule has 0 aliphatic heterocycles. The molecule has 134 valence electrons. The van der Waals surface area contributed by atoms with Crippen LogP contribution in [0.3, 0.4) is 0 Å². The molecule has 1 fully saturated rings. The van der Waals surface area contributed by atoms with Crippen molar-refractivity contribution in [1.29, 1.82) is 0 Å². The van der Waals surface area contributed by atoms with Gasteiger partial charge in [0.2, 0.25) is 0 Å². The van der Waals surface area contributed by atoms with Crippen molar-refractivity contribution < 1.29 is 4.79 Å². The van der Waals surface area contributed by atoms with Crippen molar-refractivity contribution in [3.63, 3.8) is 0 Å². The zero-order valence-electron chi connectivity index (χ0n) is 13.9. The third-order valence-corrected chi connectivity index (χ3v) is 4.66. The van der Waals surface area contributed by atoms with Crippen molar-refractivity contribution in [1.82, 2.24) is 25.0 Å². The average Bonchev–Trinajstić information content (AvgIpc) is 3.36. The molecule has 9 heteroatoms. The first-order chi connectivity index (χ1) is 12.6. The Hall–Kier alpha value is -3.36. The summed E-state index contributed by atoms with van der Waals surface area (Å²) in [7, 11) is 0. The van der Waals surface area contributed by atoms with Gasteiger partial charge < -0.3 is 5.32 Å². The summed E-state index contributed by atoms with van der Waals surface area (Å²) in [5.74, 6) is 0.692. The lowest BCUT2D eigenvalue weighted by atomic mass is 10.0. The Kier molecular flexibility index (Phi) is 4.04. The highest BCUT2D eigenvalue weighted by Crippen LogP contribution is 2.33. The number of benzene rings is 1. The van der Waals surface area contributed by atoms with Gasteiger partial charge in [0.1, 0.15) is 0 Å². The van der Waals surface area contributed by atoms with E-state index in [1.807, 2.05) is 6.07 Å². The van der Waals surface area contributed by atoms with Crippen LogP contribution in [0.15, 0.2) is 39.9 Å². The van der Waals surface area contributed by atoms with Crippen LogP contribution in [0.4, 0.5) is 5.82 Å². The van der Waals surface area contributed by atoms with Gasteiger partial charge >= 0.3 is 11.4 Å². The highest BCUT2D eigenvalue weighted by atomic mass is 16.2. The van der Waals surface area contributed by atoms with Crippen molar-refractivity contribution in [3.8, 4) is 5.69 Å². The number of anilines is 1. The number of hydrogen-bond acceptors (Lipinski definition) is 4. The summed E-state index contributed by atoms with van der Waals surface area (Å²) < 4.78 is 1.08. The summed E-state index contributed by atoms with van der Waals surface area (Å²) in [6, 6.07) is 8.19. The molecule has 1 aliphatic rings. The molecule has 4 rings (SSSR count). The second-order valence-electron chi connectivity index (χ2n) is 6.40. The molecule has 4 N–H and O–H groups in total. The maximum absolute atomic E-state index is 12.4. The molecular weight excluding hydrogens is 336 g/mol. The lowest BCUT2D eigenvalue weighted by Gasteiger charge is -2.04. The minimum atomic E-state index is -0.589. The molecule has 1 aliphatic carbocycles. The molecule has 2 aromatic heterocycles.